The van der Waals surface area contributed by atoms with Crippen LogP contribution in [0, 0.1) is 6.92 Å². The number of benzene rings is 1. The lowest BCUT2D eigenvalue weighted by Gasteiger charge is -2.20. The van der Waals surface area contributed by atoms with Crippen molar-refractivity contribution in [1.82, 2.24) is 14.3 Å². The lowest BCUT2D eigenvalue weighted by Crippen LogP contribution is -2.35. The van der Waals surface area contributed by atoms with Crippen molar-refractivity contribution in [3.05, 3.63) is 50.7 Å². The lowest BCUT2D eigenvalue weighted by molar-refractivity contribution is -0.145. The topological polar surface area (TPSA) is 66.1 Å². The van der Waals surface area contributed by atoms with Crippen LogP contribution < -0.4 is 5.69 Å². The maximum atomic E-state index is 12.6. The number of methoxy groups -OCH3 is 1. The number of aromatic nitrogens is 3. The number of rotatable bonds is 3. The van der Waals surface area contributed by atoms with Crippen LogP contribution in [-0.4, -0.2) is 27.4 Å². The Labute approximate surface area is 138 Å². The van der Waals surface area contributed by atoms with Crippen molar-refractivity contribution in [2.24, 2.45) is 0 Å². The second-order valence-electron chi connectivity index (χ2n) is 5.74. The van der Waals surface area contributed by atoms with Crippen LogP contribution in [0.15, 0.2) is 23.0 Å². The standard InChI is InChI=1S/C16H18ClN3O3/c1-10-6-7-11(8-12(10)17)9-19-16(22)20-13(15(21)23-2)4-3-5-14(20)18-19/h6-8,13H,3-5,9H2,1-2H3/t13-/m0/s1. The second kappa shape index (κ2) is 6.20. The normalized spacial score (nSPS) is 16.9. The SMILES string of the molecule is COC(=O)[C@@H]1CCCc2nn(Cc3ccc(C)c(Cl)c3)c(=O)n21. The quantitative estimate of drug-likeness (QED) is 0.806. The van der Waals surface area contributed by atoms with Crippen LogP contribution in [0.3, 0.4) is 0 Å². The molecular formula is C16H18ClN3O3. The van der Waals surface area contributed by atoms with E-state index in [1.54, 1.807) is 0 Å². The minimum Gasteiger partial charge on any atom is -0.467 e. The molecule has 1 aliphatic heterocycles. The Hall–Kier alpha value is -2.08. The van der Waals surface area contributed by atoms with E-state index in [2.05, 4.69) is 5.10 Å². The monoisotopic (exact) mass is 335 g/mol. The van der Waals surface area contributed by atoms with E-state index in [0.29, 0.717) is 30.2 Å². The lowest BCUT2D eigenvalue weighted by atomic mass is 10.1. The first-order valence-electron chi connectivity index (χ1n) is 7.52. The fourth-order valence-electron chi connectivity index (χ4n) is 2.90. The number of hydrogen-bond acceptors (Lipinski definition) is 4. The van der Waals surface area contributed by atoms with Crippen molar-refractivity contribution >= 4 is 17.6 Å². The summed E-state index contributed by atoms with van der Waals surface area (Å²) in [5.74, 6) is 0.237. The maximum Gasteiger partial charge on any atom is 0.347 e. The van der Waals surface area contributed by atoms with Crippen LogP contribution in [0.2, 0.25) is 5.02 Å². The Morgan fingerprint density at radius 2 is 2.26 bits per heavy atom. The Morgan fingerprint density at radius 1 is 1.48 bits per heavy atom. The van der Waals surface area contributed by atoms with Gasteiger partial charge in [0.05, 0.1) is 13.7 Å². The highest BCUT2D eigenvalue weighted by molar-refractivity contribution is 6.31. The van der Waals surface area contributed by atoms with Crippen LogP contribution in [-0.2, 0) is 22.5 Å². The van der Waals surface area contributed by atoms with Crippen LogP contribution in [0.25, 0.3) is 0 Å². The smallest absolute Gasteiger partial charge is 0.347 e. The summed E-state index contributed by atoms with van der Waals surface area (Å²) < 4.78 is 7.65. The molecule has 0 aliphatic carbocycles. The van der Waals surface area contributed by atoms with E-state index < -0.39 is 12.0 Å². The average molecular weight is 336 g/mol. The number of aryl methyl sites for hydroxylation is 2. The third-order valence-electron chi connectivity index (χ3n) is 4.17. The van der Waals surface area contributed by atoms with Crippen LogP contribution >= 0.6 is 11.6 Å². The Morgan fingerprint density at radius 3 is 2.96 bits per heavy atom. The molecule has 0 saturated heterocycles. The van der Waals surface area contributed by atoms with Crippen molar-refractivity contribution in [2.45, 2.75) is 38.8 Å². The molecule has 3 rings (SSSR count). The fourth-order valence-corrected chi connectivity index (χ4v) is 3.10. The maximum absolute atomic E-state index is 12.6. The first-order chi connectivity index (χ1) is 11.0. The molecule has 23 heavy (non-hydrogen) atoms. The van der Waals surface area contributed by atoms with Gasteiger partial charge in [-0.2, -0.15) is 5.10 Å². The van der Waals surface area contributed by atoms with Gasteiger partial charge in [-0.15, -0.1) is 0 Å². The van der Waals surface area contributed by atoms with E-state index in [-0.39, 0.29) is 5.69 Å². The molecule has 7 heteroatoms. The summed E-state index contributed by atoms with van der Waals surface area (Å²) in [4.78, 5) is 24.5. The van der Waals surface area contributed by atoms with Gasteiger partial charge in [0, 0.05) is 11.4 Å². The average Bonchev–Trinajstić information content (AvgIpc) is 2.86. The summed E-state index contributed by atoms with van der Waals surface area (Å²) >= 11 is 6.13. The molecule has 0 bridgehead atoms. The molecule has 0 saturated carbocycles. The molecule has 122 valence electrons. The number of halogens is 1. The van der Waals surface area contributed by atoms with Crippen molar-refractivity contribution in [2.75, 3.05) is 7.11 Å². The number of nitrogens with zero attached hydrogens (tertiary/aromatic N) is 3. The molecule has 2 heterocycles. The summed E-state index contributed by atoms with van der Waals surface area (Å²) in [5, 5.41) is 5.04. The molecule has 0 fully saturated rings. The zero-order valence-electron chi connectivity index (χ0n) is 13.1. The zero-order valence-corrected chi connectivity index (χ0v) is 13.8. The molecule has 0 amide bonds. The van der Waals surface area contributed by atoms with Gasteiger partial charge in [-0.25, -0.2) is 14.3 Å². The predicted octanol–water partition coefficient (Wildman–Crippen LogP) is 2.11. The number of carbonyl (C=O) groups excluding carboxylic acids is 1. The molecule has 1 aliphatic rings. The van der Waals surface area contributed by atoms with E-state index in [9.17, 15) is 9.59 Å². The van der Waals surface area contributed by atoms with Crippen LogP contribution in [0.5, 0.6) is 0 Å². The first-order valence-corrected chi connectivity index (χ1v) is 7.90. The van der Waals surface area contributed by atoms with E-state index in [1.807, 2.05) is 25.1 Å². The van der Waals surface area contributed by atoms with E-state index in [1.165, 1.54) is 16.4 Å². The van der Waals surface area contributed by atoms with Crippen molar-refractivity contribution in [1.29, 1.82) is 0 Å². The van der Waals surface area contributed by atoms with Crippen LogP contribution in [0.4, 0.5) is 0 Å². The van der Waals surface area contributed by atoms with Gasteiger partial charge in [0.25, 0.3) is 0 Å². The van der Waals surface area contributed by atoms with Crippen molar-refractivity contribution < 1.29 is 9.53 Å². The fraction of sp³-hybridized carbons (Fsp3) is 0.438. The molecule has 1 aromatic heterocycles. The second-order valence-corrected chi connectivity index (χ2v) is 6.15. The number of hydrogen-bond donors (Lipinski definition) is 0. The number of esters is 1. The highest BCUT2D eigenvalue weighted by atomic mass is 35.5. The summed E-state index contributed by atoms with van der Waals surface area (Å²) in [7, 11) is 1.33. The Bertz CT molecular complexity index is 809. The minimum absolute atomic E-state index is 0.285. The van der Waals surface area contributed by atoms with Gasteiger partial charge in [-0.3, -0.25) is 4.57 Å². The summed E-state index contributed by atoms with van der Waals surface area (Å²) in [5.41, 5.74) is 1.59. The van der Waals surface area contributed by atoms with Gasteiger partial charge >= 0.3 is 11.7 Å². The van der Waals surface area contributed by atoms with Crippen molar-refractivity contribution in [3.8, 4) is 0 Å². The minimum atomic E-state index is -0.577. The van der Waals surface area contributed by atoms with Gasteiger partial charge in [-0.1, -0.05) is 23.7 Å². The van der Waals surface area contributed by atoms with Gasteiger partial charge < -0.3 is 4.74 Å². The molecule has 2 aromatic rings. The highest BCUT2D eigenvalue weighted by Gasteiger charge is 2.31. The van der Waals surface area contributed by atoms with Crippen LogP contribution in [0.1, 0.15) is 35.8 Å². The molecule has 0 unspecified atom stereocenters. The Kier molecular flexibility index (Phi) is 4.26. The van der Waals surface area contributed by atoms with Crippen molar-refractivity contribution in [3.63, 3.8) is 0 Å². The van der Waals surface area contributed by atoms with Gasteiger partial charge in [-0.05, 0) is 37.0 Å². The third-order valence-corrected chi connectivity index (χ3v) is 4.58. The van der Waals surface area contributed by atoms with E-state index >= 15 is 0 Å². The number of ether oxygens (including phenoxy) is 1. The van der Waals surface area contributed by atoms with E-state index in [4.69, 9.17) is 16.3 Å². The molecule has 6 nitrogen and oxygen atoms in total. The van der Waals surface area contributed by atoms with Gasteiger partial charge in [0.1, 0.15) is 11.9 Å². The summed E-state index contributed by atoms with van der Waals surface area (Å²) in [6, 6.07) is 5.09. The molecule has 0 spiro atoms. The highest BCUT2D eigenvalue weighted by Crippen LogP contribution is 2.23. The third kappa shape index (κ3) is 2.91. The summed E-state index contributed by atoms with van der Waals surface area (Å²) in [6.45, 7) is 2.25. The molecular weight excluding hydrogens is 318 g/mol. The van der Waals surface area contributed by atoms with Gasteiger partial charge in [0.2, 0.25) is 0 Å². The number of fused-ring (bicyclic) bond motifs is 1. The molecule has 0 radical (unpaired) electrons. The largest absolute Gasteiger partial charge is 0.467 e. The predicted molar refractivity (Wildman–Crippen MR) is 85.8 cm³/mol. The number of carbonyl (C=O) groups is 1. The van der Waals surface area contributed by atoms with Gasteiger partial charge in [0.15, 0.2) is 0 Å². The zero-order chi connectivity index (χ0) is 16.6. The molecule has 1 atom stereocenters. The van der Waals surface area contributed by atoms with E-state index in [0.717, 1.165) is 17.5 Å². The summed E-state index contributed by atoms with van der Waals surface area (Å²) in [6.07, 6.45) is 2.10. The first kappa shape index (κ1) is 15.8. The molecule has 0 N–H and O–H groups in total. The Balaban J connectivity index is 1.96. The molecule has 1 aromatic carbocycles.